The molecule has 1 aliphatic rings. The Balaban J connectivity index is 1.76. The SMILES string of the molecule is COc1cc(NC(=O)C(N)CC2CCC2)c(F)cc1-c1cnco1. The Morgan fingerprint density at radius 1 is 1.54 bits per heavy atom. The minimum Gasteiger partial charge on any atom is -0.496 e. The Kier molecular flexibility index (Phi) is 4.80. The van der Waals surface area contributed by atoms with Crippen LogP contribution < -0.4 is 15.8 Å². The number of rotatable bonds is 6. The van der Waals surface area contributed by atoms with E-state index in [0.29, 0.717) is 29.4 Å². The molecule has 0 saturated heterocycles. The molecule has 1 atom stereocenters. The van der Waals surface area contributed by atoms with Gasteiger partial charge in [-0.3, -0.25) is 4.79 Å². The number of aromatic nitrogens is 1. The number of carbonyl (C=O) groups excluding carboxylic acids is 1. The van der Waals surface area contributed by atoms with E-state index in [2.05, 4.69) is 10.3 Å². The van der Waals surface area contributed by atoms with Gasteiger partial charge in [0.05, 0.1) is 30.6 Å². The van der Waals surface area contributed by atoms with Crippen molar-refractivity contribution < 1.29 is 18.3 Å². The van der Waals surface area contributed by atoms with Crippen LogP contribution >= 0.6 is 0 Å². The van der Waals surface area contributed by atoms with Gasteiger partial charge >= 0.3 is 0 Å². The molecule has 1 heterocycles. The van der Waals surface area contributed by atoms with E-state index in [1.807, 2.05) is 0 Å². The van der Waals surface area contributed by atoms with Gasteiger partial charge in [0.2, 0.25) is 5.91 Å². The first-order valence-electron chi connectivity index (χ1n) is 7.91. The molecule has 3 rings (SSSR count). The third-order valence-corrected chi connectivity index (χ3v) is 4.39. The highest BCUT2D eigenvalue weighted by atomic mass is 19.1. The van der Waals surface area contributed by atoms with Gasteiger partial charge in [0, 0.05) is 6.07 Å². The summed E-state index contributed by atoms with van der Waals surface area (Å²) in [5, 5.41) is 2.55. The highest BCUT2D eigenvalue weighted by Crippen LogP contribution is 2.34. The first-order chi connectivity index (χ1) is 11.6. The standard InChI is InChI=1S/C17H20FN3O3/c1-23-15-7-14(12(18)6-11(15)16-8-20-9-24-16)21-17(22)13(19)5-10-3-2-4-10/h6-10,13H,2-5,19H2,1H3,(H,21,22). The molecule has 0 spiro atoms. The lowest BCUT2D eigenvalue weighted by Crippen LogP contribution is -2.38. The van der Waals surface area contributed by atoms with Crippen LogP contribution in [0.15, 0.2) is 29.1 Å². The van der Waals surface area contributed by atoms with Gasteiger partial charge in [-0.15, -0.1) is 0 Å². The predicted molar refractivity (Wildman–Crippen MR) is 87.0 cm³/mol. The fraction of sp³-hybridized carbons (Fsp3) is 0.412. The van der Waals surface area contributed by atoms with Crippen LogP contribution in [0.5, 0.6) is 5.75 Å². The second-order valence-corrected chi connectivity index (χ2v) is 6.03. The number of nitrogens with two attached hydrogens (primary N) is 1. The summed E-state index contributed by atoms with van der Waals surface area (Å²) in [4.78, 5) is 16.0. The van der Waals surface area contributed by atoms with E-state index in [-0.39, 0.29) is 5.69 Å². The molecule has 1 fully saturated rings. The maximum atomic E-state index is 14.3. The predicted octanol–water partition coefficient (Wildman–Crippen LogP) is 2.95. The second-order valence-electron chi connectivity index (χ2n) is 6.03. The quantitative estimate of drug-likeness (QED) is 0.848. The van der Waals surface area contributed by atoms with Gasteiger partial charge in [0.1, 0.15) is 11.6 Å². The maximum Gasteiger partial charge on any atom is 0.241 e. The largest absolute Gasteiger partial charge is 0.496 e. The smallest absolute Gasteiger partial charge is 0.241 e. The summed E-state index contributed by atoms with van der Waals surface area (Å²) in [6.45, 7) is 0. The van der Waals surface area contributed by atoms with E-state index in [9.17, 15) is 9.18 Å². The molecule has 1 amide bonds. The number of hydrogen-bond donors (Lipinski definition) is 2. The number of ether oxygens (including phenoxy) is 1. The number of methoxy groups -OCH3 is 1. The zero-order valence-corrected chi connectivity index (χ0v) is 13.4. The van der Waals surface area contributed by atoms with Crippen LogP contribution in [0.1, 0.15) is 25.7 Å². The third kappa shape index (κ3) is 3.41. The number of nitrogens with zero attached hydrogens (tertiary/aromatic N) is 1. The van der Waals surface area contributed by atoms with Crippen LogP contribution in [0, 0.1) is 11.7 Å². The van der Waals surface area contributed by atoms with Crippen LogP contribution in [-0.2, 0) is 4.79 Å². The van der Waals surface area contributed by atoms with Crippen molar-refractivity contribution in [3.63, 3.8) is 0 Å². The molecule has 1 saturated carbocycles. The number of nitrogens with one attached hydrogen (secondary N) is 1. The van der Waals surface area contributed by atoms with Crippen molar-refractivity contribution in [2.75, 3.05) is 12.4 Å². The van der Waals surface area contributed by atoms with Crippen molar-refractivity contribution in [2.24, 2.45) is 11.7 Å². The van der Waals surface area contributed by atoms with E-state index >= 15 is 0 Å². The molecular weight excluding hydrogens is 313 g/mol. The molecule has 1 aromatic heterocycles. The zero-order chi connectivity index (χ0) is 17.1. The first-order valence-corrected chi connectivity index (χ1v) is 7.91. The molecule has 2 aromatic rings. The molecule has 24 heavy (non-hydrogen) atoms. The lowest BCUT2D eigenvalue weighted by molar-refractivity contribution is -0.117. The molecule has 6 nitrogen and oxygen atoms in total. The molecular formula is C17H20FN3O3. The molecule has 128 valence electrons. The minimum atomic E-state index is -0.644. The third-order valence-electron chi connectivity index (χ3n) is 4.39. The minimum absolute atomic E-state index is 0.0316. The Bertz CT molecular complexity index is 714. The molecule has 1 unspecified atom stereocenters. The van der Waals surface area contributed by atoms with Crippen LogP contribution in [-0.4, -0.2) is 24.0 Å². The van der Waals surface area contributed by atoms with Gasteiger partial charge in [-0.05, 0) is 18.4 Å². The van der Waals surface area contributed by atoms with Gasteiger partial charge in [0.25, 0.3) is 0 Å². The zero-order valence-electron chi connectivity index (χ0n) is 13.4. The number of halogens is 1. The van der Waals surface area contributed by atoms with Crippen LogP contribution in [0.2, 0.25) is 0 Å². The van der Waals surface area contributed by atoms with Crippen molar-refractivity contribution in [3.05, 3.63) is 30.5 Å². The topological polar surface area (TPSA) is 90.4 Å². The summed E-state index contributed by atoms with van der Waals surface area (Å²) in [5.41, 5.74) is 6.37. The van der Waals surface area contributed by atoms with Crippen LogP contribution in [0.3, 0.4) is 0 Å². The van der Waals surface area contributed by atoms with E-state index in [1.54, 1.807) is 0 Å². The number of hydrogen-bond acceptors (Lipinski definition) is 5. The maximum absolute atomic E-state index is 14.3. The molecule has 1 aliphatic carbocycles. The van der Waals surface area contributed by atoms with Crippen molar-refractivity contribution in [1.29, 1.82) is 0 Å². The molecule has 3 N–H and O–H groups in total. The second kappa shape index (κ2) is 7.00. The average Bonchev–Trinajstić information content (AvgIpc) is 3.06. The van der Waals surface area contributed by atoms with E-state index < -0.39 is 17.8 Å². The Morgan fingerprint density at radius 2 is 2.33 bits per heavy atom. The van der Waals surface area contributed by atoms with Crippen LogP contribution in [0.25, 0.3) is 11.3 Å². The molecule has 1 aromatic carbocycles. The van der Waals surface area contributed by atoms with Crippen molar-refractivity contribution >= 4 is 11.6 Å². The molecule has 7 heteroatoms. The van der Waals surface area contributed by atoms with Crippen molar-refractivity contribution in [1.82, 2.24) is 4.98 Å². The van der Waals surface area contributed by atoms with E-state index in [4.69, 9.17) is 14.9 Å². The summed E-state index contributed by atoms with van der Waals surface area (Å²) in [7, 11) is 1.46. The lowest BCUT2D eigenvalue weighted by Gasteiger charge is -2.27. The number of benzene rings is 1. The normalized spacial score (nSPS) is 15.6. The Morgan fingerprint density at radius 3 is 2.92 bits per heavy atom. The monoisotopic (exact) mass is 333 g/mol. The van der Waals surface area contributed by atoms with Gasteiger partial charge in [0.15, 0.2) is 12.2 Å². The molecule has 0 bridgehead atoms. The summed E-state index contributed by atoms with van der Waals surface area (Å²) in [5.74, 6) is 0.266. The van der Waals surface area contributed by atoms with E-state index in [0.717, 1.165) is 12.8 Å². The fourth-order valence-corrected chi connectivity index (χ4v) is 2.78. The highest BCUT2D eigenvalue weighted by Gasteiger charge is 2.25. The Hall–Kier alpha value is -2.41. The average molecular weight is 333 g/mol. The number of amides is 1. The summed E-state index contributed by atoms with van der Waals surface area (Å²) in [6, 6.07) is 2.02. The molecule has 0 aliphatic heterocycles. The Labute approximate surface area is 139 Å². The first kappa shape index (κ1) is 16.4. The summed E-state index contributed by atoms with van der Waals surface area (Å²) >= 11 is 0. The number of anilines is 1. The summed E-state index contributed by atoms with van der Waals surface area (Å²) in [6.07, 6.45) is 6.74. The van der Waals surface area contributed by atoms with Gasteiger partial charge in [-0.2, -0.15) is 0 Å². The van der Waals surface area contributed by atoms with Gasteiger partial charge < -0.3 is 20.2 Å². The lowest BCUT2D eigenvalue weighted by atomic mass is 9.81. The van der Waals surface area contributed by atoms with Crippen molar-refractivity contribution in [3.8, 4) is 17.1 Å². The summed E-state index contributed by atoms with van der Waals surface area (Å²) < 4.78 is 24.8. The van der Waals surface area contributed by atoms with Gasteiger partial charge in [-0.1, -0.05) is 19.3 Å². The molecule has 0 radical (unpaired) electrons. The van der Waals surface area contributed by atoms with Gasteiger partial charge in [-0.25, -0.2) is 9.37 Å². The fourth-order valence-electron chi connectivity index (χ4n) is 2.78. The number of oxazole rings is 1. The van der Waals surface area contributed by atoms with E-state index in [1.165, 1.54) is 38.3 Å². The van der Waals surface area contributed by atoms with Crippen molar-refractivity contribution in [2.45, 2.75) is 31.7 Å². The highest BCUT2D eigenvalue weighted by molar-refractivity contribution is 5.95. The number of carbonyl (C=O) groups is 1. The van der Waals surface area contributed by atoms with Crippen LogP contribution in [0.4, 0.5) is 10.1 Å².